The Balaban J connectivity index is 1.20. The van der Waals surface area contributed by atoms with Gasteiger partial charge in [-0.1, -0.05) is 41.9 Å². The lowest BCUT2D eigenvalue weighted by Crippen LogP contribution is -2.42. The van der Waals surface area contributed by atoms with Gasteiger partial charge in [-0.3, -0.25) is 9.69 Å². The van der Waals surface area contributed by atoms with E-state index in [1.54, 1.807) is 18.2 Å². The van der Waals surface area contributed by atoms with Crippen molar-refractivity contribution in [2.75, 3.05) is 26.2 Å². The van der Waals surface area contributed by atoms with Crippen LogP contribution in [0.4, 0.5) is 0 Å². The largest absolute Gasteiger partial charge is 0.456 e. The van der Waals surface area contributed by atoms with E-state index < -0.39 is 0 Å². The van der Waals surface area contributed by atoms with Crippen molar-refractivity contribution in [3.8, 4) is 17.6 Å². The lowest BCUT2D eigenvalue weighted by atomic mass is 9.77. The highest BCUT2D eigenvalue weighted by Gasteiger charge is 2.42. The number of likely N-dealkylation sites (tertiary alicyclic amines) is 2. The zero-order valence-electron chi connectivity index (χ0n) is 19.6. The fourth-order valence-corrected chi connectivity index (χ4v) is 5.34. The van der Waals surface area contributed by atoms with E-state index in [9.17, 15) is 10.1 Å². The maximum atomic E-state index is 13.0. The highest BCUT2D eigenvalue weighted by molar-refractivity contribution is 6.30. The Morgan fingerprint density at radius 1 is 0.914 bits per heavy atom. The average molecular weight is 486 g/mol. The molecule has 2 aliphatic rings. The third-order valence-electron chi connectivity index (χ3n) is 7.33. The Bertz CT molecular complexity index is 1240. The van der Waals surface area contributed by atoms with Crippen LogP contribution in [0.15, 0.2) is 72.8 Å². The number of nitrogens with zero attached hydrogens (tertiary/aromatic N) is 3. The van der Waals surface area contributed by atoms with E-state index in [1.807, 2.05) is 53.4 Å². The summed E-state index contributed by atoms with van der Waals surface area (Å²) in [4.78, 5) is 17.4. The number of hydrogen-bond acceptors (Lipinski definition) is 4. The Kier molecular flexibility index (Phi) is 6.77. The van der Waals surface area contributed by atoms with E-state index in [4.69, 9.17) is 16.3 Å². The van der Waals surface area contributed by atoms with Crippen LogP contribution >= 0.6 is 11.6 Å². The van der Waals surface area contributed by atoms with Crippen molar-refractivity contribution in [3.05, 3.63) is 94.5 Å². The van der Waals surface area contributed by atoms with Gasteiger partial charge in [0.15, 0.2) is 0 Å². The second kappa shape index (κ2) is 10.1. The van der Waals surface area contributed by atoms with Gasteiger partial charge in [-0.15, -0.1) is 0 Å². The Hall–Kier alpha value is -3.33. The van der Waals surface area contributed by atoms with Gasteiger partial charge in [0.05, 0.1) is 5.56 Å². The molecule has 2 heterocycles. The molecule has 0 aliphatic carbocycles. The van der Waals surface area contributed by atoms with E-state index >= 15 is 0 Å². The highest BCUT2D eigenvalue weighted by atomic mass is 35.5. The number of amides is 1. The number of benzene rings is 3. The molecule has 2 aliphatic heterocycles. The molecule has 2 fully saturated rings. The molecular weight excluding hydrogens is 458 g/mol. The summed E-state index contributed by atoms with van der Waals surface area (Å²) < 4.78 is 6.15. The van der Waals surface area contributed by atoms with E-state index in [0.717, 1.165) is 63.3 Å². The molecule has 178 valence electrons. The third kappa shape index (κ3) is 5.19. The van der Waals surface area contributed by atoms with Crippen molar-refractivity contribution >= 4 is 17.5 Å². The topological polar surface area (TPSA) is 56.6 Å². The first-order valence-corrected chi connectivity index (χ1v) is 12.5. The third-order valence-corrected chi connectivity index (χ3v) is 7.58. The number of carbonyl (C=O) groups is 1. The molecule has 3 aromatic rings. The van der Waals surface area contributed by atoms with Crippen LogP contribution in [-0.2, 0) is 6.54 Å². The first kappa shape index (κ1) is 23.4. The second-order valence-electron chi connectivity index (χ2n) is 9.58. The molecule has 35 heavy (non-hydrogen) atoms. The van der Waals surface area contributed by atoms with Crippen LogP contribution in [0, 0.1) is 16.7 Å². The Labute approximate surface area is 211 Å². The number of ether oxygens (including phenoxy) is 1. The fourth-order valence-electron chi connectivity index (χ4n) is 5.22. The molecule has 0 bridgehead atoms. The van der Waals surface area contributed by atoms with Gasteiger partial charge in [0.25, 0.3) is 5.91 Å². The standard InChI is InChI=1S/C29H28ClN3O2/c30-25-11-9-22(10-12-25)28(34)33-18-15-29(21-33)13-16-32(17-14-29)20-24-6-2-4-8-27(24)35-26-7-3-1-5-23(26)19-31/h1-12H,13-18,20-21H2. The van der Waals surface area contributed by atoms with Crippen molar-refractivity contribution in [2.24, 2.45) is 5.41 Å². The molecule has 1 amide bonds. The molecule has 3 aromatic carbocycles. The van der Waals surface area contributed by atoms with Crippen molar-refractivity contribution in [3.63, 3.8) is 0 Å². The van der Waals surface area contributed by atoms with Gasteiger partial charge in [-0.25, -0.2) is 0 Å². The fraction of sp³-hybridized carbons (Fsp3) is 0.310. The van der Waals surface area contributed by atoms with Crippen molar-refractivity contribution in [2.45, 2.75) is 25.8 Å². The van der Waals surface area contributed by atoms with Gasteiger partial charge in [0.1, 0.15) is 17.6 Å². The van der Waals surface area contributed by atoms with Crippen LogP contribution in [0.25, 0.3) is 0 Å². The zero-order valence-corrected chi connectivity index (χ0v) is 20.4. The minimum Gasteiger partial charge on any atom is -0.456 e. The van der Waals surface area contributed by atoms with E-state index in [0.29, 0.717) is 21.9 Å². The second-order valence-corrected chi connectivity index (χ2v) is 10.0. The SMILES string of the molecule is N#Cc1ccccc1Oc1ccccc1CN1CCC2(CC1)CCN(C(=O)c1ccc(Cl)cc1)C2. The molecule has 0 radical (unpaired) electrons. The van der Waals surface area contributed by atoms with Crippen molar-refractivity contribution < 1.29 is 9.53 Å². The lowest BCUT2D eigenvalue weighted by molar-refractivity contribution is 0.0713. The van der Waals surface area contributed by atoms with Gasteiger partial charge >= 0.3 is 0 Å². The Morgan fingerprint density at radius 2 is 1.57 bits per heavy atom. The summed E-state index contributed by atoms with van der Waals surface area (Å²) in [6.45, 7) is 4.43. The molecular formula is C29H28ClN3O2. The maximum Gasteiger partial charge on any atom is 0.253 e. The molecule has 0 N–H and O–H groups in total. The van der Waals surface area contributed by atoms with Gasteiger partial charge in [-0.2, -0.15) is 5.26 Å². The van der Waals surface area contributed by atoms with Gasteiger partial charge in [0, 0.05) is 35.8 Å². The number of hydrogen-bond donors (Lipinski definition) is 0. The molecule has 5 nitrogen and oxygen atoms in total. The van der Waals surface area contributed by atoms with Crippen LogP contribution in [0.3, 0.4) is 0 Å². The van der Waals surface area contributed by atoms with Crippen molar-refractivity contribution in [1.29, 1.82) is 5.26 Å². The lowest BCUT2D eigenvalue weighted by Gasteiger charge is -2.39. The summed E-state index contributed by atoms with van der Waals surface area (Å²) >= 11 is 5.98. The molecule has 5 rings (SSSR count). The number of para-hydroxylation sites is 2. The first-order chi connectivity index (χ1) is 17.0. The highest BCUT2D eigenvalue weighted by Crippen LogP contribution is 2.41. The monoisotopic (exact) mass is 485 g/mol. The number of halogens is 1. The maximum absolute atomic E-state index is 13.0. The van der Waals surface area contributed by atoms with Crippen LogP contribution in [0.2, 0.25) is 5.02 Å². The van der Waals surface area contributed by atoms with Gasteiger partial charge in [-0.05, 0) is 80.2 Å². The molecule has 0 saturated carbocycles. The number of piperidine rings is 1. The molecule has 0 aromatic heterocycles. The quantitative estimate of drug-likeness (QED) is 0.436. The normalized spacial score (nSPS) is 17.3. The van der Waals surface area contributed by atoms with Gasteiger partial charge < -0.3 is 9.64 Å². The minimum atomic E-state index is 0.102. The summed E-state index contributed by atoms with van der Waals surface area (Å²) in [6, 6.07) is 24.7. The molecule has 6 heteroatoms. The summed E-state index contributed by atoms with van der Waals surface area (Å²) in [5, 5.41) is 10.0. The smallest absolute Gasteiger partial charge is 0.253 e. The minimum absolute atomic E-state index is 0.102. The van der Waals surface area contributed by atoms with Crippen LogP contribution in [-0.4, -0.2) is 41.9 Å². The number of rotatable bonds is 5. The summed E-state index contributed by atoms with van der Waals surface area (Å²) in [7, 11) is 0. The molecule has 0 atom stereocenters. The molecule has 1 spiro atoms. The number of nitriles is 1. The number of carbonyl (C=O) groups excluding carboxylic acids is 1. The summed E-state index contributed by atoms with van der Waals surface area (Å²) in [6.07, 6.45) is 3.22. The average Bonchev–Trinajstić information content (AvgIpc) is 3.30. The van der Waals surface area contributed by atoms with E-state index in [-0.39, 0.29) is 11.3 Å². The predicted octanol–water partition coefficient (Wildman–Crippen LogP) is 6.13. The Morgan fingerprint density at radius 3 is 2.31 bits per heavy atom. The van der Waals surface area contributed by atoms with Crippen LogP contribution < -0.4 is 4.74 Å². The van der Waals surface area contributed by atoms with E-state index in [2.05, 4.69) is 17.0 Å². The summed E-state index contributed by atoms with van der Waals surface area (Å²) in [5.74, 6) is 1.47. The molecule has 2 saturated heterocycles. The van der Waals surface area contributed by atoms with E-state index in [1.165, 1.54) is 0 Å². The van der Waals surface area contributed by atoms with Crippen LogP contribution in [0.5, 0.6) is 11.5 Å². The summed E-state index contributed by atoms with van der Waals surface area (Å²) in [5.41, 5.74) is 2.56. The molecule has 0 unspecified atom stereocenters. The van der Waals surface area contributed by atoms with Crippen LogP contribution in [0.1, 0.15) is 40.7 Å². The zero-order chi connectivity index (χ0) is 24.3. The predicted molar refractivity (Wildman–Crippen MR) is 137 cm³/mol. The van der Waals surface area contributed by atoms with Crippen molar-refractivity contribution in [1.82, 2.24) is 9.80 Å². The first-order valence-electron chi connectivity index (χ1n) is 12.1. The van der Waals surface area contributed by atoms with Gasteiger partial charge in [0.2, 0.25) is 0 Å².